The van der Waals surface area contributed by atoms with Gasteiger partial charge in [-0.05, 0) is 30.3 Å². The monoisotopic (exact) mass is 353 g/mol. The molecule has 0 fully saturated rings. The molecule has 2 aromatic heterocycles. The Morgan fingerprint density at radius 3 is 3.12 bits per heavy atom. The van der Waals surface area contributed by atoms with Gasteiger partial charge in [-0.3, -0.25) is 0 Å². The van der Waals surface area contributed by atoms with E-state index in [-0.39, 0.29) is 6.03 Å². The molecule has 1 aliphatic rings. The minimum Gasteiger partial charge on any atom is -0.490 e. The molecule has 3 N–H and O–H groups in total. The number of nitrogens with zero attached hydrogens (tertiary/aromatic N) is 2. The Bertz CT molecular complexity index is 861. The van der Waals surface area contributed by atoms with Gasteiger partial charge in [-0.25, -0.2) is 9.78 Å². The quantitative estimate of drug-likeness (QED) is 0.655. The highest BCUT2D eigenvalue weighted by molar-refractivity contribution is 5.90. The number of hydrogen-bond acceptors (Lipinski definition) is 5. The second kappa shape index (κ2) is 7.22. The highest BCUT2D eigenvalue weighted by atomic mass is 16.5. The minimum atomic E-state index is -0.295. The van der Waals surface area contributed by atoms with Gasteiger partial charge in [0.25, 0.3) is 0 Å². The molecular weight excluding hydrogens is 334 g/mol. The molecule has 0 saturated heterocycles. The number of amides is 2. The van der Waals surface area contributed by atoms with E-state index in [1.165, 1.54) is 0 Å². The topological polar surface area (TPSA) is 95.4 Å². The van der Waals surface area contributed by atoms with Crippen LogP contribution in [0.15, 0.2) is 53.5 Å². The number of furan rings is 1. The number of urea groups is 1. The van der Waals surface area contributed by atoms with Crippen LogP contribution in [0.2, 0.25) is 0 Å². The van der Waals surface area contributed by atoms with Gasteiger partial charge in [-0.15, -0.1) is 0 Å². The average Bonchev–Trinajstić information content (AvgIpc) is 3.34. The Kier molecular flexibility index (Phi) is 4.46. The Morgan fingerprint density at radius 1 is 1.35 bits per heavy atom. The highest BCUT2D eigenvalue weighted by Gasteiger charge is 2.19. The average molecular weight is 353 g/mol. The van der Waals surface area contributed by atoms with E-state index in [0.29, 0.717) is 31.1 Å². The number of hydrogen-bond donors (Lipinski definition) is 3. The maximum Gasteiger partial charge on any atom is 0.319 e. The second-order valence-corrected chi connectivity index (χ2v) is 5.90. The van der Waals surface area contributed by atoms with Crippen molar-refractivity contribution in [3.05, 3.63) is 60.6 Å². The maximum atomic E-state index is 12.1. The van der Waals surface area contributed by atoms with Crippen molar-refractivity contribution in [2.24, 2.45) is 0 Å². The Hall–Kier alpha value is -3.42. The normalized spacial score (nSPS) is 13.0. The molecular formula is C18H19N5O3. The molecule has 0 atom stereocenters. The summed E-state index contributed by atoms with van der Waals surface area (Å²) in [5, 5.41) is 5.60. The SMILES string of the molecule is O=C(NCc1ccco1)Nc1ccc2c(c1)N(Cc1c[nH]cn1)CCO2. The van der Waals surface area contributed by atoms with Crippen LogP contribution in [0.1, 0.15) is 11.5 Å². The van der Waals surface area contributed by atoms with Crippen LogP contribution in [-0.2, 0) is 13.1 Å². The molecule has 8 heteroatoms. The first kappa shape index (κ1) is 16.1. The van der Waals surface area contributed by atoms with Crippen LogP contribution in [0.25, 0.3) is 0 Å². The van der Waals surface area contributed by atoms with Gasteiger partial charge >= 0.3 is 6.03 Å². The summed E-state index contributed by atoms with van der Waals surface area (Å²) in [7, 11) is 0. The summed E-state index contributed by atoms with van der Waals surface area (Å²) in [5.74, 6) is 1.50. The third kappa shape index (κ3) is 3.64. The summed E-state index contributed by atoms with van der Waals surface area (Å²) >= 11 is 0. The van der Waals surface area contributed by atoms with Gasteiger partial charge in [0, 0.05) is 11.9 Å². The van der Waals surface area contributed by atoms with Gasteiger partial charge in [0.2, 0.25) is 0 Å². The molecule has 1 aliphatic heterocycles. The van der Waals surface area contributed by atoms with E-state index < -0.39 is 0 Å². The van der Waals surface area contributed by atoms with Crippen molar-refractivity contribution in [2.45, 2.75) is 13.1 Å². The number of benzene rings is 1. The van der Waals surface area contributed by atoms with Crippen molar-refractivity contribution < 1.29 is 13.9 Å². The maximum absolute atomic E-state index is 12.1. The number of ether oxygens (including phenoxy) is 1. The summed E-state index contributed by atoms with van der Waals surface area (Å²) in [6, 6.07) is 8.90. The van der Waals surface area contributed by atoms with E-state index in [4.69, 9.17) is 9.15 Å². The number of aromatic amines is 1. The highest BCUT2D eigenvalue weighted by Crippen LogP contribution is 2.34. The number of imidazole rings is 1. The number of carbonyl (C=O) groups excluding carboxylic acids is 1. The zero-order chi connectivity index (χ0) is 17.8. The molecule has 3 aromatic rings. The molecule has 0 spiro atoms. The molecule has 0 bridgehead atoms. The summed E-state index contributed by atoms with van der Waals surface area (Å²) in [6.07, 6.45) is 5.11. The number of fused-ring (bicyclic) bond motifs is 1. The predicted molar refractivity (Wildman–Crippen MR) is 96.1 cm³/mol. The van der Waals surface area contributed by atoms with Crippen molar-refractivity contribution in [1.29, 1.82) is 0 Å². The third-order valence-electron chi connectivity index (χ3n) is 4.09. The second-order valence-electron chi connectivity index (χ2n) is 5.90. The van der Waals surface area contributed by atoms with Gasteiger partial charge in [0.05, 0.1) is 43.6 Å². The lowest BCUT2D eigenvalue weighted by molar-refractivity contribution is 0.251. The minimum absolute atomic E-state index is 0.295. The van der Waals surface area contributed by atoms with Crippen LogP contribution in [-0.4, -0.2) is 29.2 Å². The number of nitrogens with one attached hydrogen (secondary N) is 3. The molecule has 4 rings (SSSR count). The number of anilines is 2. The van der Waals surface area contributed by atoms with Gasteiger partial charge in [0.1, 0.15) is 18.1 Å². The van der Waals surface area contributed by atoms with E-state index in [0.717, 1.165) is 23.7 Å². The van der Waals surface area contributed by atoms with Crippen molar-refractivity contribution in [3.8, 4) is 5.75 Å². The standard InChI is InChI=1S/C18H19N5O3/c24-18(20-10-15-2-1-6-25-15)22-13-3-4-17-16(8-13)23(5-7-26-17)11-14-9-19-12-21-14/h1-4,6,8-9,12H,5,7,10-11H2,(H,19,21)(H2,20,22,24). The smallest absolute Gasteiger partial charge is 0.319 e. The molecule has 3 heterocycles. The molecule has 1 aromatic carbocycles. The van der Waals surface area contributed by atoms with Crippen LogP contribution in [0.4, 0.5) is 16.2 Å². The largest absolute Gasteiger partial charge is 0.490 e. The van der Waals surface area contributed by atoms with Crippen molar-refractivity contribution >= 4 is 17.4 Å². The molecule has 0 aliphatic carbocycles. The van der Waals surface area contributed by atoms with E-state index in [2.05, 4.69) is 25.5 Å². The number of aromatic nitrogens is 2. The first-order valence-corrected chi connectivity index (χ1v) is 8.34. The molecule has 26 heavy (non-hydrogen) atoms. The third-order valence-corrected chi connectivity index (χ3v) is 4.09. The van der Waals surface area contributed by atoms with Gasteiger partial charge in [-0.2, -0.15) is 0 Å². The predicted octanol–water partition coefficient (Wildman–Crippen LogP) is 2.72. The van der Waals surface area contributed by atoms with Crippen molar-refractivity contribution in [3.63, 3.8) is 0 Å². The van der Waals surface area contributed by atoms with E-state index >= 15 is 0 Å². The number of H-pyrrole nitrogens is 1. The van der Waals surface area contributed by atoms with Gasteiger partial charge in [0.15, 0.2) is 0 Å². The fraction of sp³-hybridized carbons (Fsp3) is 0.222. The Labute approximate surface area is 150 Å². The summed E-state index contributed by atoms with van der Waals surface area (Å²) in [4.78, 5) is 21.5. The van der Waals surface area contributed by atoms with Crippen LogP contribution in [0.3, 0.4) is 0 Å². The van der Waals surface area contributed by atoms with Crippen molar-refractivity contribution in [1.82, 2.24) is 15.3 Å². The fourth-order valence-electron chi connectivity index (χ4n) is 2.84. The van der Waals surface area contributed by atoms with E-state index in [9.17, 15) is 4.79 Å². The molecule has 8 nitrogen and oxygen atoms in total. The Balaban J connectivity index is 1.44. The Morgan fingerprint density at radius 2 is 2.31 bits per heavy atom. The lowest BCUT2D eigenvalue weighted by Crippen LogP contribution is -2.32. The van der Waals surface area contributed by atoms with Crippen LogP contribution in [0, 0.1) is 0 Å². The molecule has 2 amide bonds. The van der Waals surface area contributed by atoms with E-state index in [1.807, 2.05) is 30.5 Å². The molecule has 0 radical (unpaired) electrons. The molecule has 0 saturated carbocycles. The first-order valence-electron chi connectivity index (χ1n) is 8.34. The van der Waals surface area contributed by atoms with E-state index in [1.54, 1.807) is 18.7 Å². The lowest BCUT2D eigenvalue weighted by Gasteiger charge is -2.31. The van der Waals surface area contributed by atoms with Crippen LogP contribution < -0.4 is 20.3 Å². The zero-order valence-corrected chi connectivity index (χ0v) is 14.1. The fourth-order valence-corrected chi connectivity index (χ4v) is 2.84. The van der Waals surface area contributed by atoms with Gasteiger partial charge < -0.3 is 29.7 Å². The lowest BCUT2D eigenvalue weighted by atomic mass is 10.2. The number of carbonyl (C=O) groups is 1. The van der Waals surface area contributed by atoms with Crippen LogP contribution >= 0.6 is 0 Å². The van der Waals surface area contributed by atoms with Gasteiger partial charge in [-0.1, -0.05) is 0 Å². The first-order chi connectivity index (χ1) is 12.8. The van der Waals surface area contributed by atoms with Crippen molar-refractivity contribution in [2.75, 3.05) is 23.4 Å². The van der Waals surface area contributed by atoms with Crippen LogP contribution in [0.5, 0.6) is 5.75 Å². The molecule has 134 valence electrons. The summed E-state index contributed by atoms with van der Waals surface area (Å²) < 4.78 is 10.9. The zero-order valence-electron chi connectivity index (χ0n) is 14.1. The molecule has 0 unspecified atom stereocenters. The summed E-state index contributed by atoms with van der Waals surface area (Å²) in [6.45, 7) is 2.38. The summed E-state index contributed by atoms with van der Waals surface area (Å²) in [5.41, 5.74) is 2.58. The number of rotatable bonds is 5.